The first-order chi connectivity index (χ1) is 24.5. The van der Waals surface area contributed by atoms with Gasteiger partial charge in [0.1, 0.15) is 0 Å². The van der Waals surface area contributed by atoms with Gasteiger partial charge in [-0.05, 0) is 81.9 Å². The summed E-state index contributed by atoms with van der Waals surface area (Å²) in [6.45, 7) is 7.16. The second-order valence-corrected chi connectivity index (χ2v) is 15.8. The Morgan fingerprint density at radius 2 is 1.49 bits per heavy atom. The zero-order valence-electron chi connectivity index (χ0n) is 30.8. The van der Waals surface area contributed by atoms with Crippen LogP contribution in [0.3, 0.4) is 0 Å². The molecule has 2 aliphatic heterocycles. The summed E-state index contributed by atoms with van der Waals surface area (Å²) >= 11 is 0. The van der Waals surface area contributed by atoms with E-state index >= 15 is 0 Å². The molecular weight excluding hydrogens is 646 g/mol. The number of aliphatic hydroxyl groups is 1. The lowest BCUT2D eigenvalue weighted by molar-refractivity contribution is -0.255. The Morgan fingerprint density at radius 3 is 2.18 bits per heavy atom. The number of nitrogens with zero attached hydrogens (tertiary/aromatic N) is 1. The minimum atomic E-state index is -0.779. The third kappa shape index (κ3) is 11.6. The van der Waals surface area contributed by atoms with Crippen LogP contribution in [-0.2, 0) is 37.0 Å². The molecular formula is C41H59N3O7. The maximum absolute atomic E-state index is 13.7. The van der Waals surface area contributed by atoms with E-state index in [1.807, 2.05) is 69.3 Å². The third-order valence-corrected chi connectivity index (χ3v) is 10.6. The van der Waals surface area contributed by atoms with Crippen molar-refractivity contribution in [3.05, 3.63) is 70.8 Å². The number of carboxylic acid groups (broad SMARTS) is 1. The molecule has 10 heteroatoms. The first kappa shape index (κ1) is 38.9. The number of likely N-dealkylation sites (tertiary alicyclic amines) is 1. The number of benzene rings is 2. The molecule has 3 aliphatic rings. The van der Waals surface area contributed by atoms with Crippen molar-refractivity contribution >= 4 is 17.8 Å². The number of ether oxygens (including phenoxy) is 2. The van der Waals surface area contributed by atoms with Crippen molar-refractivity contribution in [2.75, 3.05) is 6.54 Å². The molecule has 2 aromatic rings. The number of carbonyl (C=O) groups excluding carboxylic acids is 2. The van der Waals surface area contributed by atoms with Gasteiger partial charge in [0.25, 0.3) is 0 Å². The van der Waals surface area contributed by atoms with Crippen molar-refractivity contribution < 1.29 is 34.1 Å². The van der Waals surface area contributed by atoms with Crippen molar-refractivity contribution in [1.82, 2.24) is 15.5 Å². The van der Waals surface area contributed by atoms with E-state index in [1.54, 1.807) is 0 Å². The lowest BCUT2D eigenvalue weighted by atomic mass is 9.75. The van der Waals surface area contributed by atoms with Gasteiger partial charge in [-0.15, -0.1) is 0 Å². The molecule has 0 aromatic heterocycles. The van der Waals surface area contributed by atoms with E-state index in [0.717, 1.165) is 60.8 Å². The Balaban J connectivity index is 1.27. The minimum Gasteiger partial charge on any atom is -0.481 e. The van der Waals surface area contributed by atoms with Crippen molar-refractivity contribution in [3.8, 4) is 0 Å². The Labute approximate surface area is 303 Å². The fraction of sp³-hybridized carbons (Fsp3) is 0.634. The van der Waals surface area contributed by atoms with Crippen LogP contribution in [-0.4, -0.2) is 63.2 Å². The average molecular weight is 706 g/mol. The number of aliphatic hydroxyl groups excluding tert-OH is 1. The number of piperidine rings is 1. The highest BCUT2D eigenvalue weighted by Crippen LogP contribution is 2.42. The van der Waals surface area contributed by atoms with Crippen LogP contribution in [0.4, 0.5) is 0 Å². The third-order valence-electron chi connectivity index (χ3n) is 10.6. The molecule has 0 radical (unpaired) electrons. The van der Waals surface area contributed by atoms with E-state index in [2.05, 4.69) is 15.5 Å². The Morgan fingerprint density at radius 1 is 0.824 bits per heavy atom. The lowest BCUT2D eigenvalue weighted by Gasteiger charge is -2.50. The number of fused-ring (bicyclic) bond motifs is 1. The summed E-state index contributed by atoms with van der Waals surface area (Å²) in [6, 6.07) is 16.1. The van der Waals surface area contributed by atoms with Crippen LogP contribution in [0.5, 0.6) is 0 Å². The van der Waals surface area contributed by atoms with Crippen LogP contribution in [0.15, 0.2) is 48.5 Å². The molecule has 6 atom stereocenters. The van der Waals surface area contributed by atoms with Gasteiger partial charge in [0, 0.05) is 49.5 Å². The predicted octanol–water partition coefficient (Wildman–Crippen LogP) is 6.70. The normalized spacial score (nSPS) is 25.5. The summed E-state index contributed by atoms with van der Waals surface area (Å²) in [4.78, 5) is 39.3. The van der Waals surface area contributed by atoms with Crippen LogP contribution in [0, 0.1) is 5.92 Å². The molecule has 4 N–H and O–H groups in total. The molecule has 5 rings (SSSR count). The molecule has 1 aliphatic carbocycles. The molecule has 0 bridgehead atoms. The highest BCUT2D eigenvalue weighted by molar-refractivity contribution is 5.82. The smallest absolute Gasteiger partial charge is 0.303 e. The number of hydrogen-bond acceptors (Lipinski definition) is 7. The lowest BCUT2D eigenvalue weighted by Crippen LogP contribution is -2.61. The minimum absolute atomic E-state index is 0.0124. The van der Waals surface area contributed by atoms with Gasteiger partial charge < -0.3 is 30.3 Å². The highest BCUT2D eigenvalue weighted by Gasteiger charge is 2.44. The van der Waals surface area contributed by atoms with Gasteiger partial charge in [0.15, 0.2) is 6.29 Å². The standard InChI is InChI=1S/C41H59N3O7/c1-41(2,3)43-39(49)35-23-22-30-10-8-9-11-34(30)44(35)26-33-24-36(31-18-16-29(27-45)17-19-31)51-40(50-33)32-20-14-28(15-21-32)25-42-37(46)12-6-4-5-7-13-38(47)48/h14-21,30,33-36,40,45H,4-13,22-27H2,1-3H3,(H,42,46)(H,43,49)(H,47,48)/t30-,33+,34-,35-,36-,40-/m1/s1. The zero-order chi connectivity index (χ0) is 36.4. The van der Waals surface area contributed by atoms with Crippen molar-refractivity contribution in [1.29, 1.82) is 0 Å². The van der Waals surface area contributed by atoms with Crippen molar-refractivity contribution in [2.45, 2.75) is 154 Å². The number of nitrogens with one attached hydrogen (secondary N) is 2. The molecule has 2 aromatic carbocycles. The van der Waals surface area contributed by atoms with Gasteiger partial charge in [-0.2, -0.15) is 0 Å². The first-order valence-corrected chi connectivity index (χ1v) is 19.1. The number of unbranched alkanes of at least 4 members (excludes halogenated alkanes) is 3. The zero-order valence-corrected chi connectivity index (χ0v) is 30.8. The van der Waals surface area contributed by atoms with Crippen LogP contribution in [0.1, 0.15) is 139 Å². The number of aliphatic carboxylic acids is 1. The topological polar surface area (TPSA) is 137 Å². The van der Waals surface area contributed by atoms with Gasteiger partial charge in [0.2, 0.25) is 11.8 Å². The van der Waals surface area contributed by atoms with E-state index in [-0.39, 0.29) is 48.6 Å². The second kappa shape index (κ2) is 18.4. The Hall–Kier alpha value is -3.31. The summed E-state index contributed by atoms with van der Waals surface area (Å²) in [6.07, 6.45) is 9.99. The van der Waals surface area contributed by atoms with Gasteiger partial charge in [0.05, 0.1) is 24.9 Å². The van der Waals surface area contributed by atoms with Crippen LogP contribution >= 0.6 is 0 Å². The molecule has 0 unspecified atom stereocenters. The maximum atomic E-state index is 13.7. The predicted molar refractivity (Wildman–Crippen MR) is 195 cm³/mol. The van der Waals surface area contributed by atoms with Crippen LogP contribution < -0.4 is 10.6 Å². The summed E-state index contributed by atoms with van der Waals surface area (Å²) in [5, 5.41) is 24.7. The number of carbonyl (C=O) groups is 3. The van der Waals surface area contributed by atoms with E-state index < -0.39 is 12.3 Å². The summed E-state index contributed by atoms with van der Waals surface area (Å²) in [5.74, 6) is -0.0861. The number of amides is 2. The van der Waals surface area contributed by atoms with E-state index in [9.17, 15) is 19.5 Å². The van der Waals surface area contributed by atoms with Crippen LogP contribution in [0.2, 0.25) is 0 Å². The largest absolute Gasteiger partial charge is 0.481 e. The Bertz CT molecular complexity index is 1420. The van der Waals surface area contributed by atoms with Crippen molar-refractivity contribution in [3.63, 3.8) is 0 Å². The van der Waals surface area contributed by atoms with Crippen molar-refractivity contribution in [2.24, 2.45) is 5.92 Å². The van der Waals surface area contributed by atoms with Gasteiger partial charge in [-0.25, -0.2) is 0 Å². The molecule has 1 saturated carbocycles. The SMILES string of the molecule is CC(C)(C)NC(=O)[C@H]1CC[C@H]2CCCC[C@H]2N1C[C@@H]1C[C@H](c2ccc(CO)cc2)O[C@H](c2ccc(CNC(=O)CCCCCCC(=O)O)cc2)O1. The summed E-state index contributed by atoms with van der Waals surface area (Å²) < 4.78 is 13.4. The molecule has 0 spiro atoms. The van der Waals surface area contributed by atoms with Gasteiger partial charge in [-0.1, -0.05) is 74.2 Å². The fourth-order valence-electron chi connectivity index (χ4n) is 7.99. The monoisotopic (exact) mass is 705 g/mol. The van der Waals surface area contributed by atoms with E-state index in [4.69, 9.17) is 14.6 Å². The quantitative estimate of drug-likeness (QED) is 0.150. The number of hydrogen-bond donors (Lipinski definition) is 4. The molecule has 3 fully saturated rings. The second-order valence-electron chi connectivity index (χ2n) is 15.8. The molecule has 10 nitrogen and oxygen atoms in total. The fourth-order valence-corrected chi connectivity index (χ4v) is 7.99. The highest BCUT2D eigenvalue weighted by atomic mass is 16.7. The summed E-state index contributed by atoms with van der Waals surface area (Å²) in [5.41, 5.74) is 3.44. The summed E-state index contributed by atoms with van der Waals surface area (Å²) in [7, 11) is 0. The van der Waals surface area contributed by atoms with E-state index in [0.29, 0.717) is 44.3 Å². The van der Waals surface area contributed by atoms with Gasteiger partial charge in [-0.3, -0.25) is 19.3 Å². The number of rotatable bonds is 15. The average Bonchev–Trinajstić information content (AvgIpc) is 3.11. The Kier molecular flexibility index (Phi) is 14.1. The molecule has 2 amide bonds. The molecule has 2 heterocycles. The van der Waals surface area contributed by atoms with Crippen LogP contribution in [0.25, 0.3) is 0 Å². The van der Waals surface area contributed by atoms with Gasteiger partial charge >= 0.3 is 5.97 Å². The maximum Gasteiger partial charge on any atom is 0.303 e. The first-order valence-electron chi connectivity index (χ1n) is 19.1. The molecule has 51 heavy (non-hydrogen) atoms. The number of carboxylic acids is 1. The molecule has 2 saturated heterocycles. The van der Waals surface area contributed by atoms with E-state index in [1.165, 1.54) is 19.3 Å². The molecule has 280 valence electrons.